The number of ketones is 1. The first-order valence-electron chi connectivity index (χ1n) is 8.29. The molecular formula is C20H17FN2O4S. The van der Waals surface area contributed by atoms with Crippen molar-refractivity contribution in [3.63, 3.8) is 0 Å². The first-order valence-corrected chi connectivity index (χ1v) is 9.17. The molecule has 0 atom stereocenters. The van der Waals surface area contributed by atoms with Crippen LogP contribution in [0.15, 0.2) is 47.8 Å². The van der Waals surface area contributed by atoms with Crippen LogP contribution in [0.3, 0.4) is 0 Å². The Hall–Kier alpha value is -3.26. The minimum atomic E-state index is -0.391. The molecule has 144 valence electrons. The molecule has 0 bridgehead atoms. The lowest BCUT2D eigenvalue weighted by molar-refractivity contribution is -0.118. The van der Waals surface area contributed by atoms with Crippen molar-refractivity contribution < 1.29 is 23.5 Å². The van der Waals surface area contributed by atoms with Gasteiger partial charge in [-0.15, -0.1) is 11.3 Å². The highest BCUT2D eigenvalue weighted by atomic mass is 32.1. The number of halogens is 1. The number of anilines is 1. The second-order valence-electron chi connectivity index (χ2n) is 5.80. The van der Waals surface area contributed by atoms with Gasteiger partial charge in [0.05, 0.1) is 12.8 Å². The van der Waals surface area contributed by atoms with Crippen LogP contribution in [0.1, 0.15) is 17.3 Å². The molecule has 1 amide bonds. The van der Waals surface area contributed by atoms with Gasteiger partial charge in [0.15, 0.2) is 29.0 Å². The number of nitrogens with zero attached hydrogens (tertiary/aromatic N) is 1. The fraction of sp³-hybridized carbons (Fsp3) is 0.150. The maximum Gasteiger partial charge on any atom is 0.264 e. The third kappa shape index (κ3) is 4.72. The third-order valence-corrected chi connectivity index (χ3v) is 4.58. The summed E-state index contributed by atoms with van der Waals surface area (Å²) in [5.41, 5.74) is 1.89. The van der Waals surface area contributed by atoms with Crippen LogP contribution in [0, 0.1) is 5.82 Å². The standard InChI is InChI=1S/C20H17FN2O4S/c1-12(24)14-5-8-17(18(9-14)26-2)27-10-19(25)23-20-22-16(11-28-20)13-3-6-15(21)7-4-13/h3-9,11H,10H2,1-2H3,(H,22,23,25). The van der Waals surface area contributed by atoms with Gasteiger partial charge in [-0.2, -0.15) is 0 Å². The number of methoxy groups -OCH3 is 1. The number of hydrogen-bond acceptors (Lipinski definition) is 6. The molecular weight excluding hydrogens is 383 g/mol. The monoisotopic (exact) mass is 400 g/mol. The molecule has 0 unspecified atom stereocenters. The van der Waals surface area contributed by atoms with E-state index in [1.165, 1.54) is 37.5 Å². The minimum absolute atomic E-state index is 0.0941. The second kappa shape index (κ2) is 8.62. The minimum Gasteiger partial charge on any atom is -0.493 e. The predicted molar refractivity (Wildman–Crippen MR) is 105 cm³/mol. The van der Waals surface area contributed by atoms with E-state index in [2.05, 4.69) is 10.3 Å². The van der Waals surface area contributed by atoms with Gasteiger partial charge in [-0.25, -0.2) is 9.37 Å². The number of thiazole rings is 1. The molecule has 28 heavy (non-hydrogen) atoms. The highest BCUT2D eigenvalue weighted by Gasteiger charge is 2.12. The van der Waals surface area contributed by atoms with Crippen LogP contribution in [0.4, 0.5) is 9.52 Å². The van der Waals surface area contributed by atoms with E-state index >= 15 is 0 Å². The average molecular weight is 400 g/mol. The molecule has 2 aromatic carbocycles. The van der Waals surface area contributed by atoms with Gasteiger partial charge in [0.2, 0.25) is 0 Å². The Labute approximate surface area is 164 Å². The summed E-state index contributed by atoms with van der Waals surface area (Å²) in [6, 6.07) is 10.7. The molecule has 8 heteroatoms. The smallest absolute Gasteiger partial charge is 0.264 e. The van der Waals surface area contributed by atoms with E-state index in [0.717, 1.165) is 5.56 Å². The quantitative estimate of drug-likeness (QED) is 0.602. The molecule has 0 fully saturated rings. The van der Waals surface area contributed by atoms with Gasteiger partial charge in [0.25, 0.3) is 5.91 Å². The Morgan fingerprint density at radius 2 is 1.89 bits per heavy atom. The number of carbonyl (C=O) groups excluding carboxylic acids is 2. The van der Waals surface area contributed by atoms with Gasteiger partial charge in [0, 0.05) is 16.5 Å². The molecule has 3 aromatic rings. The largest absolute Gasteiger partial charge is 0.493 e. The zero-order chi connectivity index (χ0) is 20.1. The van der Waals surface area contributed by atoms with E-state index < -0.39 is 5.91 Å². The molecule has 1 aromatic heterocycles. The molecule has 6 nitrogen and oxygen atoms in total. The maximum atomic E-state index is 13.0. The summed E-state index contributed by atoms with van der Waals surface area (Å²) >= 11 is 1.26. The van der Waals surface area contributed by atoms with Crippen LogP contribution in [0.2, 0.25) is 0 Å². The van der Waals surface area contributed by atoms with Gasteiger partial charge >= 0.3 is 0 Å². The SMILES string of the molecule is COc1cc(C(C)=O)ccc1OCC(=O)Nc1nc(-c2ccc(F)cc2)cs1. The van der Waals surface area contributed by atoms with Crippen molar-refractivity contribution in [3.05, 3.63) is 59.2 Å². The highest BCUT2D eigenvalue weighted by molar-refractivity contribution is 7.14. The van der Waals surface area contributed by atoms with Gasteiger partial charge in [-0.1, -0.05) is 0 Å². The zero-order valence-corrected chi connectivity index (χ0v) is 16.0. The van der Waals surface area contributed by atoms with Crippen LogP contribution < -0.4 is 14.8 Å². The predicted octanol–water partition coefficient (Wildman–Crippen LogP) is 4.18. The normalized spacial score (nSPS) is 10.4. The summed E-state index contributed by atoms with van der Waals surface area (Å²) < 4.78 is 23.7. The third-order valence-electron chi connectivity index (χ3n) is 3.82. The number of hydrogen-bond donors (Lipinski definition) is 1. The van der Waals surface area contributed by atoms with Crippen LogP contribution in [-0.4, -0.2) is 30.4 Å². The topological polar surface area (TPSA) is 77.5 Å². The van der Waals surface area contributed by atoms with Crippen LogP contribution in [-0.2, 0) is 4.79 Å². The number of aromatic nitrogens is 1. The summed E-state index contributed by atoms with van der Waals surface area (Å²) in [5, 5.41) is 4.84. The van der Waals surface area contributed by atoms with E-state index in [9.17, 15) is 14.0 Å². The number of benzene rings is 2. The molecule has 0 aliphatic heterocycles. The van der Waals surface area contributed by atoms with Crippen molar-refractivity contribution in [2.24, 2.45) is 0 Å². The van der Waals surface area contributed by atoms with E-state index in [4.69, 9.17) is 9.47 Å². The van der Waals surface area contributed by atoms with Crippen LogP contribution in [0.5, 0.6) is 11.5 Å². The Kier molecular flexibility index (Phi) is 6.00. The van der Waals surface area contributed by atoms with Gasteiger partial charge in [-0.05, 0) is 49.4 Å². The van der Waals surface area contributed by atoms with Crippen molar-refractivity contribution >= 4 is 28.2 Å². The number of amides is 1. The van der Waals surface area contributed by atoms with Gasteiger partial charge in [-0.3, -0.25) is 14.9 Å². The first kappa shape index (κ1) is 19.5. The molecule has 0 saturated heterocycles. The fourth-order valence-electron chi connectivity index (χ4n) is 2.39. The van der Waals surface area contributed by atoms with Crippen molar-refractivity contribution in [3.8, 4) is 22.8 Å². The molecule has 0 saturated carbocycles. The van der Waals surface area contributed by atoms with Crippen LogP contribution >= 0.6 is 11.3 Å². The van der Waals surface area contributed by atoms with E-state index in [1.54, 1.807) is 35.7 Å². The zero-order valence-electron chi connectivity index (χ0n) is 15.2. The van der Waals surface area contributed by atoms with E-state index in [1.807, 2.05) is 0 Å². The lowest BCUT2D eigenvalue weighted by Gasteiger charge is -2.11. The Morgan fingerprint density at radius 3 is 2.57 bits per heavy atom. The number of carbonyl (C=O) groups is 2. The van der Waals surface area contributed by atoms with E-state index in [-0.39, 0.29) is 18.2 Å². The average Bonchev–Trinajstić information content (AvgIpc) is 3.15. The fourth-order valence-corrected chi connectivity index (χ4v) is 3.12. The van der Waals surface area contributed by atoms with Crippen molar-refractivity contribution in [2.75, 3.05) is 19.0 Å². The number of ether oxygens (including phenoxy) is 2. The number of nitrogens with one attached hydrogen (secondary N) is 1. The van der Waals surface area contributed by atoms with Crippen LogP contribution in [0.25, 0.3) is 11.3 Å². The Bertz CT molecular complexity index is 1000. The van der Waals surface area contributed by atoms with Gasteiger partial charge < -0.3 is 9.47 Å². The van der Waals surface area contributed by atoms with E-state index in [0.29, 0.717) is 27.9 Å². The first-order chi connectivity index (χ1) is 13.5. The Morgan fingerprint density at radius 1 is 1.14 bits per heavy atom. The summed E-state index contributed by atoms with van der Waals surface area (Å²) in [6.45, 7) is 1.21. The highest BCUT2D eigenvalue weighted by Crippen LogP contribution is 2.28. The molecule has 0 aliphatic rings. The molecule has 0 spiro atoms. The summed E-state index contributed by atoms with van der Waals surface area (Å²) in [5.74, 6) is -0.0837. The molecule has 1 heterocycles. The summed E-state index contributed by atoms with van der Waals surface area (Å²) in [7, 11) is 1.46. The Balaban J connectivity index is 1.61. The molecule has 0 aliphatic carbocycles. The number of rotatable bonds is 7. The number of Topliss-reactive ketones (excluding diaryl/α,β-unsaturated/α-hetero) is 1. The molecule has 3 rings (SSSR count). The summed E-state index contributed by atoms with van der Waals surface area (Å²) in [6.07, 6.45) is 0. The summed E-state index contributed by atoms with van der Waals surface area (Å²) in [4.78, 5) is 27.9. The molecule has 0 radical (unpaired) electrons. The van der Waals surface area contributed by atoms with Gasteiger partial charge in [0.1, 0.15) is 5.82 Å². The lowest BCUT2D eigenvalue weighted by Crippen LogP contribution is -2.20. The second-order valence-corrected chi connectivity index (χ2v) is 6.66. The van der Waals surface area contributed by atoms with Crippen molar-refractivity contribution in [1.29, 1.82) is 0 Å². The van der Waals surface area contributed by atoms with Crippen molar-refractivity contribution in [2.45, 2.75) is 6.92 Å². The van der Waals surface area contributed by atoms with Crippen molar-refractivity contribution in [1.82, 2.24) is 4.98 Å². The lowest BCUT2D eigenvalue weighted by atomic mass is 10.1. The maximum absolute atomic E-state index is 13.0. The molecule has 1 N–H and O–H groups in total.